The van der Waals surface area contributed by atoms with Gasteiger partial charge in [-0.05, 0) is 69.9 Å². The third-order valence-electron chi connectivity index (χ3n) is 9.31. The van der Waals surface area contributed by atoms with Gasteiger partial charge in [0.1, 0.15) is 34.3 Å². The molecule has 226 valence electrons. The third-order valence-corrected chi connectivity index (χ3v) is 9.31. The van der Waals surface area contributed by atoms with Gasteiger partial charge >= 0.3 is 0 Å². The Hall–Kier alpha value is -6.46. The van der Waals surface area contributed by atoms with Crippen molar-refractivity contribution in [2.75, 3.05) is 0 Å². The molecule has 0 bridgehead atoms. The van der Waals surface area contributed by atoms with Gasteiger partial charge in [0.2, 0.25) is 0 Å². The van der Waals surface area contributed by atoms with Gasteiger partial charge in [0.25, 0.3) is 0 Å². The Balaban J connectivity index is 1.12. The van der Waals surface area contributed by atoms with Crippen LogP contribution in [0.2, 0.25) is 0 Å². The number of aliphatic imine (C=N–C) groups is 2. The molecule has 9 aromatic rings. The van der Waals surface area contributed by atoms with Crippen molar-refractivity contribution in [2.45, 2.75) is 6.17 Å². The molecule has 1 aliphatic heterocycles. The molecule has 2 aromatic heterocycles. The van der Waals surface area contributed by atoms with Crippen LogP contribution in [0.4, 0.5) is 0 Å². The van der Waals surface area contributed by atoms with Crippen LogP contribution in [-0.2, 0) is 0 Å². The van der Waals surface area contributed by atoms with Gasteiger partial charge < -0.3 is 14.2 Å². The van der Waals surface area contributed by atoms with Crippen molar-refractivity contribution in [3.05, 3.63) is 168 Å². The summed E-state index contributed by atoms with van der Waals surface area (Å²) in [5.74, 6) is 1.45. The summed E-state index contributed by atoms with van der Waals surface area (Å²) in [4.78, 5) is 10.2. The van der Waals surface area contributed by atoms with Gasteiger partial charge in [-0.1, -0.05) is 109 Å². The topological polar surface area (TPSA) is 63.0 Å². The maximum atomic E-state index is 6.41. The maximum Gasteiger partial charge on any atom is 0.160 e. The van der Waals surface area contributed by atoms with E-state index in [1.165, 1.54) is 10.8 Å². The lowest BCUT2D eigenvalue weighted by Gasteiger charge is -2.23. The minimum absolute atomic E-state index is 0.286. The van der Waals surface area contributed by atoms with E-state index in [1.54, 1.807) is 0 Å². The molecule has 0 saturated heterocycles. The molecule has 3 heterocycles. The van der Waals surface area contributed by atoms with E-state index in [0.717, 1.165) is 77.5 Å². The highest BCUT2D eigenvalue weighted by molar-refractivity contribution is 6.22. The van der Waals surface area contributed by atoms with E-state index in [-0.39, 0.29) is 6.17 Å². The Morgan fingerprint density at radius 2 is 1.19 bits per heavy atom. The molecule has 0 amide bonds. The smallest absolute Gasteiger partial charge is 0.160 e. The number of amidine groups is 2. The van der Waals surface area contributed by atoms with E-state index in [4.69, 9.17) is 18.8 Å². The van der Waals surface area contributed by atoms with Crippen LogP contribution in [0.3, 0.4) is 0 Å². The number of hydrogen-bond donors (Lipinski definition) is 1. The summed E-state index contributed by atoms with van der Waals surface area (Å²) < 4.78 is 12.8. The van der Waals surface area contributed by atoms with E-state index in [9.17, 15) is 0 Å². The second-order valence-electron chi connectivity index (χ2n) is 12.2. The fraction of sp³-hybridized carbons (Fsp3) is 0.0233. The van der Waals surface area contributed by atoms with E-state index < -0.39 is 0 Å². The third kappa shape index (κ3) is 4.32. The summed E-state index contributed by atoms with van der Waals surface area (Å²) in [6, 6.07) is 52.2. The minimum atomic E-state index is -0.286. The number of hydrogen-bond acceptors (Lipinski definition) is 5. The largest absolute Gasteiger partial charge is 0.456 e. The van der Waals surface area contributed by atoms with Crippen LogP contribution in [-0.4, -0.2) is 11.7 Å². The normalized spacial score (nSPS) is 14.9. The van der Waals surface area contributed by atoms with E-state index in [0.29, 0.717) is 5.84 Å². The van der Waals surface area contributed by atoms with Gasteiger partial charge in [-0.15, -0.1) is 0 Å². The highest BCUT2D eigenvalue weighted by atomic mass is 16.3. The van der Waals surface area contributed by atoms with Crippen molar-refractivity contribution in [3.63, 3.8) is 0 Å². The van der Waals surface area contributed by atoms with Crippen LogP contribution in [0, 0.1) is 0 Å². The first-order valence-electron chi connectivity index (χ1n) is 16.1. The molecule has 5 nitrogen and oxygen atoms in total. The average molecular weight is 618 g/mol. The highest BCUT2D eigenvalue weighted by Crippen LogP contribution is 2.38. The molecule has 0 fully saturated rings. The number of rotatable bonds is 4. The van der Waals surface area contributed by atoms with Crippen molar-refractivity contribution in [1.29, 1.82) is 0 Å². The Morgan fingerprint density at radius 1 is 0.479 bits per heavy atom. The molecule has 48 heavy (non-hydrogen) atoms. The number of nitrogens with zero attached hydrogens (tertiary/aromatic N) is 2. The summed E-state index contributed by atoms with van der Waals surface area (Å²) in [5, 5.41) is 10.2. The van der Waals surface area contributed by atoms with Gasteiger partial charge in [-0.3, -0.25) is 0 Å². The number of fused-ring (bicyclic) bond motifs is 7. The predicted molar refractivity (Wildman–Crippen MR) is 196 cm³/mol. The second-order valence-corrected chi connectivity index (χ2v) is 12.2. The van der Waals surface area contributed by atoms with Crippen molar-refractivity contribution < 1.29 is 8.83 Å². The van der Waals surface area contributed by atoms with E-state index in [2.05, 4.69) is 108 Å². The van der Waals surface area contributed by atoms with Crippen LogP contribution in [0.25, 0.3) is 65.8 Å². The maximum absolute atomic E-state index is 6.41. The zero-order valence-electron chi connectivity index (χ0n) is 25.7. The molecule has 0 saturated carbocycles. The fourth-order valence-corrected chi connectivity index (χ4v) is 6.95. The summed E-state index contributed by atoms with van der Waals surface area (Å²) in [6.07, 6.45) is -0.286. The molecular weight excluding hydrogens is 590 g/mol. The quantitative estimate of drug-likeness (QED) is 0.214. The van der Waals surface area contributed by atoms with Crippen LogP contribution in [0.15, 0.2) is 170 Å². The number of furan rings is 2. The van der Waals surface area contributed by atoms with E-state index in [1.807, 2.05) is 48.5 Å². The molecule has 0 spiro atoms. The Labute approximate surface area is 275 Å². The average Bonchev–Trinajstić information content (AvgIpc) is 3.71. The molecule has 7 aromatic carbocycles. The summed E-state index contributed by atoms with van der Waals surface area (Å²) in [5.41, 5.74) is 8.54. The van der Waals surface area contributed by atoms with Crippen LogP contribution < -0.4 is 5.32 Å². The molecule has 0 radical (unpaired) electrons. The predicted octanol–water partition coefficient (Wildman–Crippen LogP) is 10.8. The Kier molecular flexibility index (Phi) is 5.87. The van der Waals surface area contributed by atoms with Crippen LogP contribution >= 0.6 is 0 Å². The van der Waals surface area contributed by atoms with Gasteiger partial charge in [-0.25, -0.2) is 9.98 Å². The molecule has 1 aliphatic rings. The number of nitrogens with one attached hydrogen (secondary N) is 1. The van der Waals surface area contributed by atoms with Gasteiger partial charge in [0.15, 0.2) is 5.84 Å². The SMILES string of the molecule is c1ccc(C2=NC(c3cccc4oc5ccc(-c6ccc7c(c6)oc6cc8ccccc8cc67)cc5c34)=NC(c3ccccc3)N2)cc1. The van der Waals surface area contributed by atoms with Gasteiger partial charge in [-0.2, -0.15) is 0 Å². The summed E-state index contributed by atoms with van der Waals surface area (Å²) in [7, 11) is 0. The highest BCUT2D eigenvalue weighted by Gasteiger charge is 2.23. The minimum Gasteiger partial charge on any atom is -0.456 e. The lowest BCUT2D eigenvalue weighted by Crippen LogP contribution is -2.33. The molecule has 1 N–H and O–H groups in total. The summed E-state index contributed by atoms with van der Waals surface area (Å²) in [6.45, 7) is 0. The first-order chi connectivity index (χ1) is 23.7. The van der Waals surface area contributed by atoms with Gasteiger partial charge in [0, 0.05) is 32.7 Å². The van der Waals surface area contributed by atoms with Gasteiger partial charge in [0.05, 0.1) is 0 Å². The molecular formula is C43H27N3O2. The fourth-order valence-electron chi connectivity index (χ4n) is 6.95. The Bertz CT molecular complexity index is 2760. The number of benzene rings is 7. The lowest BCUT2D eigenvalue weighted by molar-refractivity contribution is 0.668. The van der Waals surface area contributed by atoms with Crippen molar-refractivity contribution in [1.82, 2.24) is 5.32 Å². The molecule has 10 rings (SSSR count). The monoisotopic (exact) mass is 617 g/mol. The summed E-state index contributed by atoms with van der Waals surface area (Å²) >= 11 is 0. The van der Waals surface area contributed by atoms with Crippen LogP contribution in [0.1, 0.15) is 22.9 Å². The van der Waals surface area contributed by atoms with Crippen molar-refractivity contribution in [3.8, 4) is 11.1 Å². The molecule has 5 heteroatoms. The second kappa shape index (κ2) is 10.5. The zero-order valence-corrected chi connectivity index (χ0v) is 25.7. The molecule has 1 unspecified atom stereocenters. The molecule has 0 aliphatic carbocycles. The Morgan fingerprint density at radius 3 is 2.04 bits per heavy atom. The lowest BCUT2D eigenvalue weighted by atomic mass is 9.99. The van der Waals surface area contributed by atoms with Crippen molar-refractivity contribution >= 4 is 66.3 Å². The van der Waals surface area contributed by atoms with Crippen molar-refractivity contribution in [2.24, 2.45) is 9.98 Å². The first kappa shape index (κ1) is 26.7. The van der Waals surface area contributed by atoms with Crippen LogP contribution in [0.5, 0.6) is 0 Å². The zero-order chi connectivity index (χ0) is 31.6. The molecule has 1 atom stereocenters. The van der Waals surface area contributed by atoms with E-state index >= 15 is 0 Å². The standard InChI is InChI=1S/C43H27N3O2/c1-3-10-26(11-4-1)41-44-42(27-12-5-2-6-13-27)46-43(45-41)33-16-9-17-37-40(33)35-23-30(19-21-36(35)47-37)31-18-20-32-34-22-28-14-7-8-15-29(28)24-39(34)48-38(32)25-31/h1-25,41H,(H,44,45,46). The first-order valence-corrected chi connectivity index (χ1v) is 16.1.